The summed E-state index contributed by atoms with van der Waals surface area (Å²) in [4.78, 5) is 13.5. The monoisotopic (exact) mass is 412 g/mol. The molecule has 10 heteroatoms. The second-order valence-electron chi connectivity index (χ2n) is 6.63. The van der Waals surface area contributed by atoms with Crippen molar-refractivity contribution in [3.05, 3.63) is 24.3 Å². The first kappa shape index (κ1) is 20.0. The molecule has 27 heavy (non-hydrogen) atoms. The number of likely N-dealkylation sites (tertiary alicyclic amines) is 1. The predicted molar refractivity (Wildman–Crippen MR) is 106 cm³/mol. The lowest BCUT2D eigenvalue weighted by molar-refractivity contribution is -0.122. The van der Waals surface area contributed by atoms with Crippen molar-refractivity contribution in [2.75, 3.05) is 44.7 Å². The number of nitrogens with two attached hydrogens (primary N) is 1. The molecule has 3 rings (SSSR count). The quantitative estimate of drug-likeness (QED) is 0.698. The number of carbonyl (C=O) groups is 1. The lowest BCUT2D eigenvalue weighted by Gasteiger charge is -2.32. The van der Waals surface area contributed by atoms with E-state index in [1.807, 2.05) is 4.90 Å². The second-order valence-corrected chi connectivity index (χ2v) is 8.96. The number of nitrogens with zero attached hydrogens (tertiary/aromatic N) is 2. The maximum Gasteiger partial charge on any atom is 0.243 e. The van der Waals surface area contributed by atoms with E-state index in [-0.39, 0.29) is 16.7 Å². The predicted octanol–water partition coefficient (Wildman–Crippen LogP) is 0.602. The van der Waals surface area contributed by atoms with Crippen LogP contribution in [-0.4, -0.2) is 68.0 Å². The largest absolute Gasteiger partial charge is 0.379 e. The number of amides is 1. The highest BCUT2D eigenvalue weighted by Gasteiger charge is 2.27. The zero-order chi connectivity index (χ0) is 19.4. The molecular formula is C17H24N4O4S2. The Hall–Kier alpha value is -1.75. The van der Waals surface area contributed by atoms with Gasteiger partial charge < -0.3 is 20.7 Å². The Morgan fingerprint density at radius 3 is 2.26 bits per heavy atom. The maximum atomic E-state index is 12.6. The molecule has 2 saturated heterocycles. The van der Waals surface area contributed by atoms with Gasteiger partial charge in [0.05, 0.1) is 18.1 Å². The highest BCUT2D eigenvalue weighted by molar-refractivity contribution is 7.89. The molecule has 0 atom stereocenters. The van der Waals surface area contributed by atoms with Crippen LogP contribution in [0.15, 0.2) is 29.2 Å². The van der Waals surface area contributed by atoms with E-state index in [0.29, 0.717) is 57.3 Å². The Balaban J connectivity index is 1.59. The van der Waals surface area contributed by atoms with E-state index < -0.39 is 10.0 Å². The lowest BCUT2D eigenvalue weighted by atomic mass is 9.97. The van der Waals surface area contributed by atoms with Gasteiger partial charge in [0, 0.05) is 37.8 Å². The van der Waals surface area contributed by atoms with Crippen LogP contribution in [0.5, 0.6) is 0 Å². The first-order valence-corrected chi connectivity index (χ1v) is 10.8. The fraction of sp³-hybridized carbons (Fsp3) is 0.529. The Labute approximate surface area is 164 Å². The van der Waals surface area contributed by atoms with Gasteiger partial charge in [-0.2, -0.15) is 4.31 Å². The second kappa shape index (κ2) is 8.51. The third-order valence-corrected chi connectivity index (χ3v) is 7.17. The van der Waals surface area contributed by atoms with Gasteiger partial charge in [-0.25, -0.2) is 8.42 Å². The maximum absolute atomic E-state index is 12.6. The van der Waals surface area contributed by atoms with Gasteiger partial charge in [-0.05, 0) is 49.3 Å². The van der Waals surface area contributed by atoms with Crippen LogP contribution < -0.4 is 11.1 Å². The fourth-order valence-corrected chi connectivity index (χ4v) is 4.92. The Morgan fingerprint density at radius 1 is 1.11 bits per heavy atom. The molecular weight excluding hydrogens is 388 g/mol. The van der Waals surface area contributed by atoms with Crippen molar-refractivity contribution in [2.45, 2.75) is 17.7 Å². The summed E-state index contributed by atoms with van der Waals surface area (Å²) in [5.74, 6) is -0.348. The van der Waals surface area contributed by atoms with Gasteiger partial charge in [-0.15, -0.1) is 0 Å². The lowest BCUT2D eigenvalue weighted by Crippen LogP contribution is -2.43. The topological polar surface area (TPSA) is 105 Å². The van der Waals surface area contributed by atoms with E-state index in [4.69, 9.17) is 22.7 Å². The van der Waals surface area contributed by atoms with Crippen LogP contribution in [0.1, 0.15) is 12.8 Å². The summed E-state index contributed by atoms with van der Waals surface area (Å²) in [6.07, 6.45) is 1.38. The van der Waals surface area contributed by atoms with Gasteiger partial charge in [0.2, 0.25) is 15.9 Å². The van der Waals surface area contributed by atoms with E-state index in [0.717, 1.165) is 5.69 Å². The molecule has 2 fully saturated rings. The van der Waals surface area contributed by atoms with Crippen LogP contribution in [0.2, 0.25) is 0 Å². The van der Waals surface area contributed by atoms with Crippen LogP contribution in [0.25, 0.3) is 0 Å². The van der Waals surface area contributed by atoms with E-state index in [1.165, 1.54) is 4.31 Å². The average molecular weight is 413 g/mol. The number of ether oxygens (including phenoxy) is 1. The molecule has 1 amide bonds. The number of hydrogen-bond acceptors (Lipinski definition) is 5. The van der Waals surface area contributed by atoms with E-state index >= 15 is 0 Å². The number of hydrogen-bond donors (Lipinski definition) is 2. The number of thiocarbonyl (C=S) groups is 1. The molecule has 0 bridgehead atoms. The molecule has 3 N–H and O–H groups in total. The SMILES string of the molecule is NC(=O)C1CCN(C(=S)Nc2ccc(S(=O)(=O)N3CCOCC3)cc2)CC1. The van der Waals surface area contributed by atoms with Crippen LogP contribution in [-0.2, 0) is 19.6 Å². The van der Waals surface area contributed by atoms with Crippen molar-refractivity contribution >= 4 is 38.9 Å². The molecule has 1 aromatic carbocycles. The van der Waals surface area contributed by atoms with Crippen molar-refractivity contribution < 1.29 is 17.9 Å². The van der Waals surface area contributed by atoms with Crippen LogP contribution in [0, 0.1) is 5.92 Å². The standard InChI is InChI=1S/C17H24N4O4S2/c18-16(22)13-5-7-20(8-6-13)17(26)19-14-1-3-15(4-2-14)27(23,24)21-9-11-25-12-10-21/h1-4,13H,5-12H2,(H2,18,22)(H,19,26). The van der Waals surface area contributed by atoms with Gasteiger partial charge in [0.1, 0.15) is 0 Å². The summed E-state index contributed by atoms with van der Waals surface area (Å²) in [5.41, 5.74) is 6.07. The third kappa shape index (κ3) is 4.75. The Kier molecular flexibility index (Phi) is 6.30. The smallest absolute Gasteiger partial charge is 0.243 e. The van der Waals surface area contributed by atoms with Crippen LogP contribution in [0.4, 0.5) is 5.69 Å². The average Bonchev–Trinajstić information content (AvgIpc) is 2.69. The van der Waals surface area contributed by atoms with E-state index in [2.05, 4.69) is 5.32 Å². The molecule has 2 aliphatic heterocycles. The van der Waals surface area contributed by atoms with Crippen LogP contribution in [0.3, 0.4) is 0 Å². The number of primary amides is 1. The zero-order valence-corrected chi connectivity index (χ0v) is 16.6. The van der Waals surface area contributed by atoms with Gasteiger partial charge in [-0.1, -0.05) is 0 Å². The summed E-state index contributed by atoms with van der Waals surface area (Å²) < 4.78 is 31.9. The first-order chi connectivity index (χ1) is 12.9. The number of morpholine rings is 1. The highest BCUT2D eigenvalue weighted by Crippen LogP contribution is 2.21. The third-order valence-electron chi connectivity index (χ3n) is 4.90. The summed E-state index contributed by atoms with van der Waals surface area (Å²) >= 11 is 5.43. The van der Waals surface area contributed by atoms with Crippen molar-refractivity contribution in [3.8, 4) is 0 Å². The first-order valence-electron chi connectivity index (χ1n) is 8.91. The number of nitrogens with one attached hydrogen (secondary N) is 1. The minimum atomic E-state index is -3.50. The molecule has 148 valence electrons. The number of carbonyl (C=O) groups excluding carboxylic acids is 1. The molecule has 0 radical (unpaired) electrons. The van der Waals surface area contributed by atoms with Crippen LogP contribution >= 0.6 is 12.2 Å². The van der Waals surface area contributed by atoms with Gasteiger partial charge in [0.15, 0.2) is 5.11 Å². The molecule has 1 aromatic rings. The summed E-state index contributed by atoms with van der Waals surface area (Å²) in [7, 11) is -3.50. The minimum Gasteiger partial charge on any atom is -0.379 e. The Morgan fingerprint density at radius 2 is 1.70 bits per heavy atom. The van der Waals surface area contributed by atoms with Gasteiger partial charge in [-0.3, -0.25) is 4.79 Å². The molecule has 2 aliphatic rings. The van der Waals surface area contributed by atoms with Gasteiger partial charge in [0.25, 0.3) is 0 Å². The molecule has 0 aromatic heterocycles. The number of piperidine rings is 1. The number of sulfonamides is 1. The van der Waals surface area contributed by atoms with E-state index in [1.54, 1.807) is 24.3 Å². The molecule has 0 saturated carbocycles. The summed E-state index contributed by atoms with van der Waals surface area (Å²) in [6, 6.07) is 6.57. The van der Waals surface area contributed by atoms with E-state index in [9.17, 15) is 13.2 Å². The van der Waals surface area contributed by atoms with Crippen molar-refractivity contribution in [2.24, 2.45) is 11.7 Å². The van der Waals surface area contributed by atoms with Gasteiger partial charge >= 0.3 is 0 Å². The minimum absolute atomic E-state index is 0.0891. The van der Waals surface area contributed by atoms with Crippen molar-refractivity contribution in [1.29, 1.82) is 0 Å². The zero-order valence-electron chi connectivity index (χ0n) is 15.0. The highest BCUT2D eigenvalue weighted by atomic mass is 32.2. The molecule has 2 heterocycles. The fourth-order valence-electron chi connectivity index (χ4n) is 3.22. The number of anilines is 1. The van der Waals surface area contributed by atoms with Crippen molar-refractivity contribution in [3.63, 3.8) is 0 Å². The summed E-state index contributed by atoms with van der Waals surface area (Å²) in [6.45, 7) is 2.91. The molecule has 8 nitrogen and oxygen atoms in total. The Bertz CT molecular complexity index is 784. The number of benzene rings is 1. The summed E-state index contributed by atoms with van der Waals surface area (Å²) in [5, 5.41) is 3.68. The normalized spacial score (nSPS) is 19.6. The van der Waals surface area contributed by atoms with Crippen molar-refractivity contribution in [1.82, 2.24) is 9.21 Å². The molecule has 0 aliphatic carbocycles. The number of rotatable bonds is 4. The molecule has 0 unspecified atom stereocenters. The molecule has 0 spiro atoms.